The molecule has 1 aliphatic carbocycles. The zero-order valence-electron chi connectivity index (χ0n) is 14.5. The molecule has 144 valence electrons. The van der Waals surface area contributed by atoms with Gasteiger partial charge in [0.25, 0.3) is 5.91 Å². The minimum atomic E-state index is -0.307. The molecule has 0 radical (unpaired) electrons. The second kappa shape index (κ2) is 7.73. The molecule has 1 fully saturated rings. The summed E-state index contributed by atoms with van der Waals surface area (Å²) in [6, 6.07) is 8.40. The van der Waals surface area contributed by atoms with Crippen LogP contribution in [0.25, 0.3) is 11.0 Å². The molecule has 1 aliphatic rings. The summed E-state index contributed by atoms with van der Waals surface area (Å²) in [5, 5.41) is 14.6. The summed E-state index contributed by atoms with van der Waals surface area (Å²) >= 11 is 15.6. The molecule has 0 bridgehead atoms. The van der Waals surface area contributed by atoms with Gasteiger partial charge in [-0.3, -0.25) is 4.79 Å². The number of hydrazone groups is 1. The Morgan fingerprint density at radius 1 is 1.32 bits per heavy atom. The van der Waals surface area contributed by atoms with Crippen LogP contribution in [0.5, 0.6) is 5.75 Å². The standard InChI is InChI=1S/C19H15BrCl2N4O2/c20-12-3-4-17(27)11(5-12)8-23-25-18(28)9-26-16-7-14(22)13(21)6-15(16)24-19(26)10-1-2-10/h3-8,10,27H,1-2,9H2,(H,25,28)/b23-8+. The van der Waals surface area contributed by atoms with E-state index in [1.165, 1.54) is 6.21 Å². The van der Waals surface area contributed by atoms with Crippen LogP contribution in [0.2, 0.25) is 10.0 Å². The average molecular weight is 482 g/mol. The number of hydrogen-bond donors (Lipinski definition) is 2. The van der Waals surface area contributed by atoms with E-state index in [0.717, 1.165) is 28.7 Å². The molecule has 0 aliphatic heterocycles. The van der Waals surface area contributed by atoms with Crippen LogP contribution < -0.4 is 5.43 Å². The van der Waals surface area contributed by atoms with Crippen molar-refractivity contribution >= 4 is 62.3 Å². The molecule has 1 saturated carbocycles. The summed E-state index contributed by atoms with van der Waals surface area (Å²) in [4.78, 5) is 17.1. The highest BCUT2D eigenvalue weighted by molar-refractivity contribution is 9.10. The number of phenols is 1. The molecular formula is C19H15BrCl2N4O2. The Bertz CT molecular complexity index is 1110. The van der Waals surface area contributed by atoms with E-state index in [1.54, 1.807) is 30.3 Å². The number of benzene rings is 2. The third-order valence-electron chi connectivity index (χ3n) is 4.45. The normalized spacial score (nSPS) is 14.1. The van der Waals surface area contributed by atoms with Crippen molar-refractivity contribution in [1.29, 1.82) is 0 Å². The van der Waals surface area contributed by atoms with E-state index in [0.29, 0.717) is 27.0 Å². The number of hydrogen-bond acceptors (Lipinski definition) is 4. The van der Waals surface area contributed by atoms with Crippen LogP contribution in [0.15, 0.2) is 39.9 Å². The van der Waals surface area contributed by atoms with Crippen molar-refractivity contribution < 1.29 is 9.90 Å². The molecular weight excluding hydrogens is 467 g/mol. The highest BCUT2D eigenvalue weighted by Gasteiger charge is 2.30. The Balaban J connectivity index is 1.55. The molecule has 6 nitrogen and oxygen atoms in total. The third kappa shape index (κ3) is 4.01. The van der Waals surface area contributed by atoms with Crippen molar-refractivity contribution in [3.05, 3.63) is 56.2 Å². The molecule has 0 atom stereocenters. The monoisotopic (exact) mass is 480 g/mol. The molecule has 2 aromatic carbocycles. The lowest BCUT2D eigenvalue weighted by Crippen LogP contribution is -2.24. The van der Waals surface area contributed by atoms with Gasteiger partial charge in [-0.25, -0.2) is 10.4 Å². The number of aromatic nitrogens is 2. The predicted molar refractivity (Wildman–Crippen MR) is 113 cm³/mol. The second-order valence-electron chi connectivity index (χ2n) is 6.58. The van der Waals surface area contributed by atoms with E-state index >= 15 is 0 Å². The fourth-order valence-electron chi connectivity index (χ4n) is 2.94. The second-order valence-corrected chi connectivity index (χ2v) is 8.31. The molecule has 0 saturated heterocycles. The van der Waals surface area contributed by atoms with E-state index in [4.69, 9.17) is 23.2 Å². The Labute approximate surface area is 179 Å². The summed E-state index contributed by atoms with van der Waals surface area (Å²) in [6.45, 7) is 0.0576. The van der Waals surface area contributed by atoms with Crippen molar-refractivity contribution in [2.45, 2.75) is 25.3 Å². The number of imidazole rings is 1. The lowest BCUT2D eigenvalue weighted by molar-refractivity contribution is -0.121. The van der Waals surface area contributed by atoms with Crippen LogP contribution in [0.4, 0.5) is 0 Å². The summed E-state index contributed by atoms with van der Waals surface area (Å²) in [5.41, 5.74) is 4.46. The van der Waals surface area contributed by atoms with Gasteiger partial charge in [-0.2, -0.15) is 5.10 Å². The number of carbonyl (C=O) groups excluding carboxylic acids is 1. The van der Waals surface area contributed by atoms with Crippen LogP contribution in [-0.4, -0.2) is 26.8 Å². The van der Waals surface area contributed by atoms with Gasteiger partial charge in [-0.1, -0.05) is 39.1 Å². The first-order valence-corrected chi connectivity index (χ1v) is 10.1. The van der Waals surface area contributed by atoms with E-state index in [2.05, 4.69) is 31.4 Å². The average Bonchev–Trinajstić information content (AvgIpc) is 3.44. The zero-order valence-corrected chi connectivity index (χ0v) is 17.6. The topological polar surface area (TPSA) is 79.5 Å². The van der Waals surface area contributed by atoms with Gasteiger partial charge in [-0.05, 0) is 43.2 Å². The maximum atomic E-state index is 12.4. The number of halogens is 3. The van der Waals surface area contributed by atoms with Gasteiger partial charge < -0.3 is 9.67 Å². The van der Waals surface area contributed by atoms with Crippen molar-refractivity contribution in [2.75, 3.05) is 0 Å². The van der Waals surface area contributed by atoms with Crippen LogP contribution in [-0.2, 0) is 11.3 Å². The van der Waals surface area contributed by atoms with Crippen LogP contribution >= 0.6 is 39.1 Å². The van der Waals surface area contributed by atoms with E-state index in [1.807, 2.05) is 4.57 Å². The molecule has 1 heterocycles. The number of nitrogens with zero attached hydrogens (tertiary/aromatic N) is 3. The van der Waals surface area contributed by atoms with Gasteiger partial charge in [0.05, 0.1) is 27.3 Å². The van der Waals surface area contributed by atoms with Gasteiger partial charge in [0.1, 0.15) is 18.1 Å². The molecule has 0 unspecified atom stereocenters. The maximum absolute atomic E-state index is 12.4. The quantitative estimate of drug-likeness (QED) is 0.404. The highest BCUT2D eigenvalue weighted by atomic mass is 79.9. The number of fused-ring (bicyclic) bond motifs is 1. The first-order chi connectivity index (χ1) is 13.4. The minimum absolute atomic E-state index is 0.0576. The Morgan fingerprint density at radius 2 is 2.07 bits per heavy atom. The molecule has 1 amide bonds. The number of nitrogens with one attached hydrogen (secondary N) is 1. The number of aromatic hydroxyl groups is 1. The SMILES string of the molecule is O=C(Cn1c(C2CC2)nc2cc(Cl)c(Cl)cc21)N/N=C/c1cc(Br)ccc1O. The smallest absolute Gasteiger partial charge is 0.260 e. The Kier molecular flexibility index (Phi) is 5.31. The number of phenolic OH excluding ortho intramolecular Hbond substituents is 1. The first-order valence-electron chi connectivity index (χ1n) is 8.58. The van der Waals surface area contributed by atoms with Gasteiger partial charge in [0.15, 0.2) is 0 Å². The third-order valence-corrected chi connectivity index (χ3v) is 5.66. The summed E-state index contributed by atoms with van der Waals surface area (Å²) in [7, 11) is 0. The fourth-order valence-corrected chi connectivity index (χ4v) is 3.63. The lowest BCUT2D eigenvalue weighted by atomic mass is 10.2. The van der Waals surface area contributed by atoms with Crippen molar-refractivity contribution in [1.82, 2.24) is 15.0 Å². The molecule has 4 rings (SSSR count). The van der Waals surface area contributed by atoms with Gasteiger partial charge in [-0.15, -0.1) is 0 Å². The highest BCUT2D eigenvalue weighted by Crippen LogP contribution is 2.41. The largest absolute Gasteiger partial charge is 0.507 e. The molecule has 1 aromatic heterocycles. The van der Waals surface area contributed by atoms with Crippen molar-refractivity contribution in [3.8, 4) is 5.75 Å². The van der Waals surface area contributed by atoms with Gasteiger partial charge in [0.2, 0.25) is 0 Å². The van der Waals surface area contributed by atoms with E-state index in [9.17, 15) is 9.90 Å². The van der Waals surface area contributed by atoms with Crippen LogP contribution in [0.3, 0.4) is 0 Å². The zero-order chi connectivity index (χ0) is 19.8. The predicted octanol–water partition coefficient (Wildman–Crippen LogP) is 4.84. The molecule has 3 aromatic rings. The Morgan fingerprint density at radius 3 is 2.82 bits per heavy atom. The summed E-state index contributed by atoms with van der Waals surface area (Å²) in [5.74, 6) is 0.972. The van der Waals surface area contributed by atoms with Crippen molar-refractivity contribution in [3.63, 3.8) is 0 Å². The van der Waals surface area contributed by atoms with Crippen LogP contribution in [0.1, 0.15) is 30.1 Å². The minimum Gasteiger partial charge on any atom is -0.507 e. The summed E-state index contributed by atoms with van der Waals surface area (Å²) < 4.78 is 2.66. The number of carbonyl (C=O) groups is 1. The van der Waals surface area contributed by atoms with E-state index < -0.39 is 0 Å². The van der Waals surface area contributed by atoms with Gasteiger partial charge in [0, 0.05) is 16.0 Å². The number of rotatable bonds is 5. The maximum Gasteiger partial charge on any atom is 0.260 e. The number of amides is 1. The lowest BCUT2D eigenvalue weighted by Gasteiger charge is -2.08. The summed E-state index contributed by atoms with van der Waals surface area (Å²) in [6.07, 6.45) is 3.49. The fraction of sp³-hybridized carbons (Fsp3) is 0.211. The van der Waals surface area contributed by atoms with E-state index in [-0.39, 0.29) is 18.2 Å². The van der Waals surface area contributed by atoms with Crippen LogP contribution in [0, 0.1) is 0 Å². The Hall–Kier alpha value is -2.09. The molecule has 0 spiro atoms. The van der Waals surface area contributed by atoms with Gasteiger partial charge >= 0.3 is 0 Å². The molecule has 28 heavy (non-hydrogen) atoms. The van der Waals surface area contributed by atoms with Crippen molar-refractivity contribution in [2.24, 2.45) is 5.10 Å². The molecule has 2 N–H and O–H groups in total. The molecule has 9 heteroatoms. The first kappa shape index (κ1) is 19.2.